The van der Waals surface area contributed by atoms with Crippen molar-refractivity contribution in [1.82, 2.24) is 15.1 Å². The van der Waals surface area contributed by atoms with Crippen LogP contribution in [-0.2, 0) is 4.79 Å². The molecule has 0 saturated carbocycles. The normalized spacial score (nSPS) is 19.2. The Labute approximate surface area is 141 Å². The molecule has 1 amide bonds. The first-order valence-corrected chi connectivity index (χ1v) is 9.05. The monoisotopic (exact) mass is 332 g/mol. The highest BCUT2D eigenvalue weighted by molar-refractivity contribution is 7.15. The molecule has 0 aromatic carbocycles. The number of aromatic amines is 1. The predicted octanol–water partition coefficient (Wildman–Crippen LogP) is 3.65. The van der Waals surface area contributed by atoms with Crippen molar-refractivity contribution < 1.29 is 4.79 Å². The summed E-state index contributed by atoms with van der Waals surface area (Å²) in [5, 5.41) is 10.2. The molecule has 1 saturated heterocycles. The van der Waals surface area contributed by atoms with Gasteiger partial charge in [0.15, 0.2) is 5.82 Å². The van der Waals surface area contributed by atoms with E-state index in [0.29, 0.717) is 11.9 Å². The van der Waals surface area contributed by atoms with E-state index in [9.17, 15) is 4.79 Å². The SMILES string of the molecule is Cc1ccc(-c2cc(NC(=O)C3CCCCN3C(C)C)n[nH]2)s1. The summed E-state index contributed by atoms with van der Waals surface area (Å²) in [5.41, 5.74) is 0.947. The molecule has 0 bridgehead atoms. The number of hydrogen-bond acceptors (Lipinski definition) is 4. The molecule has 3 rings (SSSR count). The minimum absolute atomic E-state index is 0.0483. The maximum Gasteiger partial charge on any atom is 0.242 e. The first kappa shape index (κ1) is 16.2. The van der Waals surface area contributed by atoms with Gasteiger partial charge in [0.05, 0.1) is 16.6 Å². The van der Waals surface area contributed by atoms with Crippen LogP contribution in [0.25, 0.3) is 10.6 Å². The lowest BCUT2D eigenvalue weighted by Gasteiger charge is -2.37. The molecular formula is C17H24N4OS. The van der Waals surface area contributed by atoms with Crippen LogP contribution in [0.3, 0.4) is 0 Å². The van der Waals surface area contributed by atoms with Gasteiger partial charge in [-0.2, -0.15) is 5.10 Å². The number of amides is 1. The molecule has 2 aromatic heterocycles. The Kier molecular flexibility index (Phi) is 4.82. The lowest BCUT2D eigenvalue weighted by atomic mass is 10.00. The van der Waals surface area contributed by atoms with Crippen LogP contribution in [0.2, 0.25) is 0 Å². The predicted molar refractivity (Wildman–Crippen MR) is 94.7 cm³/mol. The second kappa shape index (κ2) is 6.84. The molecule has 0 aliphatic carbocycles. The minimum atomic E-state index is -0.0483. The number of nitrogens with zero attached hydrogens (tertiary/aromatic N) is 2. The first-order chi connectivity index (χ1) is 11.0. The van der Waals surface area contributed by atoms with Crippen LogP contribution in [0.4, 0.5) is 5.82 Å². The van der Waals surface area contributed by atoms with Crippen LogP contribution in [0.5, 0.6) is 0 Å². The Morgan fingerprint density at radius 3 is 2.96 bits per heavy atom. The Morgan fingerprint density at radius 1 is 1.43 bits per heavy atom. The van der Waals surface area contributed by atoms with E-state index in [0.717, 1.165) is 30.0 Å². The molecule has 3 heterocycles. The summed E-state index contributed by atoms with van der Waals surface area (Å²) in [6, 6.07) is 6.40. The number of carbonyl (C=O) groups excluding carboxylic acids is 1. The minimum Gasteiger partial charge on any atom is -0.308 e. The van der Waals surface area contributed by atoms with Gasteiger partial charge in [0, 0.05) is 17.0 Å². The third-order valence-electron chi connectivity index (χ3n) is 4.35. The molecule has 124 valence electrons. The van der Waals surface area contributed by atoms with E-state index < -0.39 is 0 Å². The number of aryl methyl sites for hydroxylation is 1. The van der Waals surface area contributed by atoms with Gasteiger partial charge in [0.2, 0.25) is 5.91 Å². The Hall–Kier alpha value is -1.66. The van der Waals surface area contributed by atoms with E-state index >= 15 is 0 Å². The van der Waals surface area contributed by atoms with Crippen molar-refractivity contribution in [2.24, 2.45) is 0 Å². The number of H-pyrrole nitrogens is 1. The van der Waals surface area contributed by atoms with E-state index in [1.807, 2.05) is 6.07 Å². The topological polar surface area (TPSA) is 61.0 Å². The number of carbonyl (C=O) groups is 1. The van der Waals surface area contributed by atoms with Gasteiger partial charge in [0.1, 0.15) is 0 Å². The second-order valence-electron chi connectivity index (χ2n) is 6.41. The Bertz CT molecular complexity index is 676. The van der Waals surface area contributed by atoms with E-state index in [-0.39, 0.29) is 11.9 Å². The molecule has 1 fully saturated rings. The summed E-state index contributed by atoms with van der Waals surface area (Å²) in [6.07, 6.45) is 3.21. The molecule has 1 atom stereocenters. The molecule has 6 heteroatoms. The third kappa shape index (κ3) is 3.64. The fourth-order valence-electron chi connectivity index (χ4n) is 3.15. The largest absolute Gasteiger partial charge is 0.308 e. The molecule has 1 unspecified atom stereocenters. The number of aromatic nitrogens is 2. The third-order valence-corrected chi connectivity index (χ3v) is 5.38. The molecule has 1 aliphatic heterocycles. The van der Waals surface area contributed by atoms with Crippen molar-refractivity contribution in [2.45, 2.75) is 52.1 Å². The lowest BCUT2D eigenvalue weighted by molar-refractivity contribution is -0.123. The molecule has 2 aromatic rings. The number of thiophene rings is 1. The van der Waals surface area contributed by atoms with E-state index in [1.54, 1.807) is 11.3 Å². The second-order valence-corrected chi connectivity index (χ2v) is 7.70. The number of likely N-dealkylation sites (tertiary alicyclic amines) is 1. The number of nitrogens with one attached hydrogen (secondary N) is 2. The molecule has 1 aliphatic rings. The van der Waals surface area contributed by atoms with E-state index in [2.05, 4.69) is 53.3 Å². The lowest BCUT2D eigenvalue weighted by Crippen LogP contribution is -2.50. The standard InChI is InChI=1S/C17H24N4OS/c1-11(2)21-9-5-4-6-14(21)17(22)18-16-10-13(19-20-16)15-8-7-12(3)23-15/h7-8,10-11,14H,4-6,9H2,1-3H3,(H2,18,19,20,22). The van der Waals surface area contributed by atoms with Crippen LogP contribution in [0, 0.1) is 6.92 Å². The van der Waals surface area contributed by atoms with Crippen molar-refractivity contribution in [2.75, 3.05) is 11.9 Å². The van der Waals surface area contributed by atoms with Crippen molar-refractivity contribution in [3.05, 3.63) is 23.1 Å². The molecule has 0 radical (unpaired) electrons. The first-order valence-electron chi connectivity index (χ1n) is 8.23. The van der Waals surface area contributed by atoms with Crippen molar-refractivity contribution in [3.8, 4) is 10.6 Å². The average molecular weight is 332 g/mol. The summed E-state index contributed by atoms with van der Waals surface area (Å²) in [5.74, 6) is 0.657. The fraction of sp³-hybridized carbons (Fsp3) is 0.529. The highest BCUT2D eigenvalue weighted by Gasteiger charge is 2.30. The van der Waals surface area contributed by atoms with E-state index in [4.69, 9.17) is 0 Å². The van der Waals surface area contributed by atoms with Gasteiger partial charge < -0.3 is 5.32 Å². The highest BCUT2D eigenvalue weighted by Crippen LogP contribution is 2.28. The van der Waals surface area contributed by atoms with Gasteiger partial charge in [-0.25, -0.2) is 0 Å². The van der Waals surface area contributed by atoms with Crippen LogP contribution in [0.15, 0.2) is 18.2 Å². The number of hydrogen-bond donors (Lipinski definition) is 2. The maximum atomic E-state index is 12.6. The number of anilines is 1. The van der Waals surface area contributed by atoms with Crippen LogP contribution in [0.1, 0.15) is 38.0 Å². The van der Waals surface area contributed by atoms with Gasteiger partial charge in [0.25, 0.3) is 0 Å². The zero-order valence-electron chi connectivity index (χ0n) is 13.9. The van der Waals surface area contributed by atoms with Crippen molar-refractivity contribution >= 4 is 23.1 Å². The van der Waals surface area contributed by atoms with Gasteiger partial charge >= 0.3 is 0 Å². The van der Waals surface area contributed by atoms with Crippen LogP contribution >= 0.6 is 11.3 Å². The highest BCUT2D eigenvalue weighted by atomic mass is 32.1. The Morgan fingerprint density at radius 2 is 2.26 bits per heavy atom. The van der Waals surface area contributed by atoms with Crippen LogP contribution in [-0.4, -0.2) is 39.6 Å². The molecule has 5 nitrogen and oxygen atoms in total. The van der Waals surface area contributed by atoms with Gasteiger partial charge in [-0.15, -0.1) is 11.3 Å². The summed E-state index contributed by atoms with van der Waals surface area (Å²) < 4.78 is 0. The molecule has 0 spiro atoms. The van der Waals surface area contributed by atoms with Crippen LogP contribution < -0.4 is 5.32 Å². The summed E-state index contributed by atoms with van der Waals surface area (Å²) >= 11 is 1.71. The molecular weight excluding hydrogens is 308 g/mol. The van der Waals surface area contributed by atoms with Crippen molar-refractivity contribution in [1.29, 1.82) is 0 Å². The molecule has 23 heavy (non-hydrogen) atoms. The average Bonchev–Trinajstić information content (AvgIpc) is 3.16. The van der Waals surface area contributed by atoms with E-state index in [1.165, 1.54) is 11.3 Å². The number of piperidine rings is 1. The number of rotatable bonds is 4. The van der Waals surface area contributed by atoms with Crippen molar-refractivity contribution in [3.63, 3.8) is 0 Å². The van der Waals surface area contributed by atoms with Gasteiger partial charge in [-0.3, -0.25) is 14.8 Å². The summed E-state index contributed by atoms with van der Waals surface area (Å²) in [7, 11) is 0. The quantitative estimate of drug-likeness (QED) is 0.898. The summed E-state index contributed by atoms with van der Waals surface area (Å²) in [4.78, 5) is 17.3. The van der Waals surface area contributed by atoms with Gasteiger partial charge in [-0.1, -0.05) is 6.42 Å². The molecule has 2 N–H and O–H groups in total. The zero-order chi connectivity index (χ0) is 16.4. The zero-order valence-corrected chi connectivity index (χ0v) is 14.7. The maximum absolute atomic E-state index is 12.6. The smallest absolute Gasteiger partial charge is 0.242 e. The Balaban J connectivity index is 1.69. The fourth-order valence-corrected chi connectivity index (χ4v) is 3.99. The van der Waals surface area contributed by atoms with Gasteiger partial charge in [-0.05, 0) is 52.3 Å². The summed E-state index contributed by atoms with van der Waals surface area (Å²) in [6.45, 7) is 7.38.